The number of para-hydroxylation sites is 1. The minimum Gasteiger partial charge on any atom is -0.325 e. The van der Waals surface area contributed by atoms with Crippen LogP contribution in [0.5, 0.6) is 0 Å². The van der Waals surface area contributed by atoms with E-state index in [1.165, 1.54) is 12.8 Å². The molecule has 1 saturated heterocycles. The van der Waals surface area contributed by atoms with Crippen LogP contribution in [-0.4, -0.2) is 43.0 Å². The van der Waals surface area contributed by atoms with Gasteiger partial charge in [-0.3, -0.25) is 9.69 Å². The van der Waals surface area contributed by atoms with Crippen molar-refractivity contribution in [1.29, 1.82) is 0 Å². The van der Waals surface area contributed by atoms with Gasteiger partial charge in [0.05, 0.1) is 6.54 Å². The van der Waals surface area contributed by atoms with Crippen molar-refractivity contribution in [3.8, 4) is 0 Å². The summed E-state index contributed by atoms with van der Waals surface area (Å²) < 4.78 is 0. The first kappa shape index (κ1) is 16.0. The smallest absolute Gasteiger partial charge is 0.238 e. The third kappa shape index (κ3) is 5.86. The van der Waals surface area contributed by atoms with Crippen LogP contribution in [0.4, 0.5) is 5.69 Å². The third-order valence-electron chi connectivity index (χ3n) is 3.84. The lowest BCUT2D eigenvalue weighted by Crippen LogP contribution is -2.43. The maximum atomic E-state index is 12.1. The summed E-state index contributed by atoms with van der Waals surface area (Å²) in [5, 5.41) is 6.46. The number of piperidine rings is 1. The summed E-state index contributed by atoms with van der Waals surface area (Å²) in [6.07, 6.45) is 2.44. The maximum absolute atomic E-state index is 12.1. The van der Waals surface area contributed by atoms with E-state index in [1.54, 1.807) is 0 Å². The Bertz CT molecular complexity index is 433. The summed E-state index contributed by atoms with van der Waals surface area (Å²) in [7, 11) is 0. The van der Waals surface area contributed by atoms with Crippen molar-refractivity contribution in [2.24, 2.45) is 5.92 Å². The van der Waals surface area contributed by atoms with Gasteiger partial charge >= 0.3 is 0 Å². The standard InChI is InChI=1S/C17H27N3O/c1-14(2)18-11-15-7-6-10-20(12-15)13-17(21)19-16-8-4-3-5-9-16/h3-5,8-9,14-15,18H,6-7,10-13H2,1-2H3,(H,19,21). The van der Waals surface area contributed by atoms with Crippen LogP contribution in [0.1, 0.15) is 26.7 Å². The molecule has 1 unspecified atom stereocenters. The van der Waals surface area contributed by atoms with Crippen LogP contribution in [0.15, 0.2) is 30.3 Å². The first-order valence-corrected chi connectivity index (χ1v) is 7.94. The zero-order valence-electron chi connectivity index (χ0n) is 13.1. The van der Waals surface area contributed by atoms with Crippen molar-refractivity contribution >= 4 is 11.6 Å². The molecular weight excluding hydrogens is 262 g/mol. The second-order valence-corrected chi connectivity index (χ2v) is 6.22. The van der Waals surface area contributed by atoms with Crippen LogP contribution in [-0.2, 0) is 4.79 Å². The predicted octanol–water partition coefficient (Wildman–Crippen LogP) is 2.34. The highest BCUT2D eigenvalue weighted by molar-refractivity contribution is 5.92. The summed E-state index contributed by atoms with van der Waals surface area (Å²) in [5.74, 6) is 0.740. The molecule has 4 nitrogen and oxygen atoms in total. The SMILES string of the molecule is CC(C)NCC1CCCN(CC(=O)Nc2ccccc2)C1. The Morgan fingerprint density at radius 3 is 2.81 bits per heavy atom. The van der Waals surface area contributed by atoms with Crippen LogP contribution in [0, 0.1) is 5.92 Å². The number of amides is 1. The number of hydrogen-bond acceptors (Lipinski definition) is 3. The average Bonchev–Trinajstić information content (AvgIpc) is 2.46. The molecule has 0 bridgehead atoms. The van der Waals surface area contributed by atoms with Crippen LogP contribution >= 0.6 is 0 Å². The molecule has 0 saturated carbocycles. The van der Waals surface area contributed by atoms with Gasteiger partial charge < -0.3 is 10.6 Å². The van der Waals surface area contributed by atoms with E-state index in [9.17, 15) is 4.79 Å². The summed E-state index contributed by atoms with van der Waals surface area (Å²) in [6.45, 7) is 7.94. The number of rotatable bonds is 6. The Balaban J connectivity index is 1.75. The molecule has 1 aromatic rings. The summed E-state index contributed by atoms with van der Waals surface area (Å²) in [4.78, 5) is 14.4. The summed E-state index contributed by atoms with van der Waals surface area (Å²) >= 11 is 0. The fraction of sp³-hybridized carbons (Fsp3) is 0.588. The second kappa shape index (κ2) is 8.15. The lowest BCUT2D eigenvalue weighted by atomic mass is 9.97. The number of benzene rings is 1. The number of anilines is 1. The zero-order chi connectivity index (χ0) is 15.1. The third-order valence-corrected chi connectivity index (χ3v) is 3.84. The predicted molar refractivity (Wildman–Crippen MR) is 87.4 cm³/mol. The first-order chi connectivity index (χ1) is 10.1. The molecule has 2 N–H and O–H groups in total. The monoisotopic (exact) mass is 289 g/mol. The van der Waals surface area contributed by atoms with E-state index in [4.69, 9.17) is 0 Å². The average molecular weight is 289 g/mol. The second-order valence-electron chi connectivity index (χ2n) is 6.22. The van der Waals surface area contributed by atoms with E-state index in [0.717, 1.165) is 25.3 Å². The first-order valence-electron chi connectivity index (χ1n) is 7.94. The molecule has 0 radical (unpaired) electrons. The normalized spacial score (nSPS) is 19.7. The highest BCUT2D eigenvalue weighted by Gasteiger charge is 2.21. The number of nitrogens with zero attached hydrogens (tertiary/aromatic N) is 1. The number of likely N-dealkylation sites (tertiary alicyclic amines) is 1. The molecule has 21 heavy (non-hydrogen) atoms. The molecule has 1 fully saturated rings. The van der Waals surface area contributed by atoms with Gasteiger partial charge in [0.2, 0.25) is 5.91 Å². The molecule has 1 heterocycles. The lowest BCUT2D eigenvalue weighted by molar-refractivity contribution is -0.117. The van der Waals surface area contributed by atoms with E-state index in [0.29, 0.717) is 18.5 Å². The fourth-order valence-corrected chi connectivity index (χ4v) is 2.79. The van der Waals surface area contributed by atoms with E-state index in [-0.39, 0.29) is 5.91 Å². The van der Waals surface area contributed by atoms with E-state index >= 15 is 0 Å². The molecule has 1 aliphatic heterocycles. The van der Waals surface area contributed by atoms with Crippen molar-refractivity contribution in [1.82, 2.24) is 10.2 Å². The molecule has 4 heteroatoms. The summed E-state index contributed by atoms with van der Waals surface area (Å²) in [6, 6.07) is 10.2. The van der Waals surface area contributed by atoms with Crippen molar-refractivity contribution in [3.63, 3.8) is 0 Å². The van der Waals surface area contributed by atoms with E-state index in [1.807, 2.05) is 30.3 Å². The van der Waals surface area contributed by atoms with Gasteiger partial charge in [-0.25, -0.2) is 0 Å². The molecule has 1 amide bonds. The Kier molecular flexibility index (Phi) is 6.21. The molecule has 116 valence electrons. The number of carbonyl (C=O) groups is 1. The van der Waals surface area contributed by atoms with Gasteiger partial charge in [-0.05, 0) is 44.0 Å². The van der Waals surface area contributed by atoms with Gasteiger partial charge in [0.25, 0.3) is 0 Å². The fourth-order valence-electron chi connectivity index (χ4n) is 2.79. The van der Waals surface area contributed by atoms with E-state index in [2.05, 4.69) is 29.4 Å². The molecule has 1 aromatic carbocycles. The van der Waals surface area contributed by atoms with Crippen molar-refractivity contribution in [2.75, 3.05) is 31.5 Å². The molecule has 0 aliphatic carbocycles. The molecule has 1 atom stereocenters. The highest BCUT2D eigenvalue weighted by atomic mass is 16.2. The minimum absolute atomic E-state index is 0.0821. The van der Waals surface area contributed by atoms with Crippen LogP contribution in [0.25, 0.3) is 0 Å². The molecule has 0 aromatic heterocycles. The van der Waals surface area contributed by atoms with Gasteiger partial charge in [-0.2, -0.15) is 0 Å². The Hall–Kier alpha value is -1.39. The van der Waals surface area contributed by atoms with Gasteiger partial charge in [-0.15, -0.1) is 0 Å². The van der Waals surface area contributed by atoms with Crippen LogP contribution in [0.3, 0.4) is 0 Å². The largest absolute Gasteiger partial charge is 0.325 e. The molecule has 1 aliphatic rings. The van der Waals surface area contributed by atoms with Gasteiger partial charge in [0, 0.05) is 18.3 Å². The Morgan fingerprint density at radius 1 is 1.33 bits per heavy atom. The Labute approximate surface area is 127 Å². The molecular formula is C17H27N3O. The number of carbonyl (C=O) groups excluding carboxylic acids is 1. The number of nitrogens with one attached hydrogen (secondary N) is 2. The maximum Gasteiger partial charge on any atom is 0.238 e. The van der Waals surface area contributed by atoms with Gasteiger partial charge in [0.15, 0.2) is 0 Å². The topological polar surface area (TPSA) is 44.4 Å². The van der Waals surface area contributed by atoms with Gasteiger partial charge in [0.1, 0.15) is 0 Å². The van der Waals surface area contributed by atoms with Crippen LogP contribution < -0.4 is 10.6 Å². The Morgan fingerprint density at radius 2 is 2.10 bits per heavy atom. The number of hydrogen-bond donors (Lipinski definition) is 2. The van der Waals surface area contributed by atoms with Crippen molar-refractivity contribution in [2.45, 2.75) is 32.7 Å². The van der Waals surface area contributed by atoms with Crippen molar-refractivity contribution in [3.05, 3.63) is 30.3 Å². The zero-order valence-corrected chi connectivity index (χ0v) is 13.1. The lowest BCUT2D eigenvalue weighted by Gasteiger charge is -2.32. The minimum atomic E-state index is 0.0821. The highest BCUT2D eigenvalue weighted by Crippen LogP contribution is 2.16. The quantitative estimate of drug-likeness (QED) is 0.845. The molecule has 0 spiro atoms. The van der Waals surface area contributed by atoms with Gasteiger partial charge in [-0.1, -0.05) is 32.0 Å². The van der Waals surface area contributed by atoms with Crippen LogP contribution in [0.2, 0.25) is 0 Å². The van der Waals surface area contributed by atoms with E-state index < -0.39 is 0 Å². The molecule has 2 rings (SSSR count). The van der Waals surface area contributed by atoms with Crippen molar-refractivity contribution < 1.29 is 4.79 Å². The summed E-state index contributed by atoms with van der Waals surface area (Å²) in [5.41, 5.74) is 0.873.